The summed E-state index contributed by atoms with van der Waals surface area (Å²) in [6.07, 6.45) is 3.49. The Morgan fingerprint density at radius 2 is 1.78 bits per heavy atom. The summed E-state index contributed by atoms with van der Waals surface area (Å²) in [5.74, 6) is -0.901. The van der Waals surface area contributed by atoms with Crippen molar-refractivity contribution >= 4 is 35.5 Å². The van der Waals surface area contributed by atoms with Gasteiger partial charge in [0.2, 0.25) is 0 Å². The number of halogens is 1. The van der Waals surface area contributed by atoms with Gasteiger partial charge in [-0.15, -0.1) is 0 Å². The fourth-order valence-corrected chi connectivity index (χ4v) is 1.54. The molecule has 0 unspecified atom stereocenters. The van der Waals surface area contributed by atoms with Crippen molar-refractivity contribution in [2.45, 2.75) is 6.54 Å². The second-order valence-electron chi connectivity index (χ2n) is 3.56. The second kappa shape index (κ2) is 8.27. The molecule has 0 aliphatic carbocycles. The molecule has 89 valence electrons. The maximum absolute atomic E-state index is 10.8. The molecule has 1 N–H and O–H groups in total. The zero-order chi connectivity index (χ0) is 11.4. The topological polar surface area (TPSA) is 41.2 Å². The van der Waals surface area contributed by atoms with Crippen LogP contribution in [0.2, 0.25) is 0 Å². The van der Waals surface area contributed by atoms with E-state index >= 15 is 0 Å². The third-order valence-corrected chi connectivity index (χ3v) is 2.31. The van der Waals surface area contributed by atoms with Crippen LogP contribution >= 0.6 is 0 Å². The Labute approximate surface area is 134 Å². The fraction of sp³-hybridized carbons (Fsp3) is 0.0769. The van der Waals surface area contributed by atoms with Gasteiger partial charge in [-0.05, 0) is 6.07 Å². The van der Waals surface area contributed by atoms with E-state index in [1.807, 2.05) is 41.1 Å². The van der Waals surface area contributed by atoms with Gasteiger partial charge in [0.1, 0.15) is 5.56 Å². The number of carboxylic acids is 1. The number of carboxylic acid groups (broad SMARTS) is 1. The SMILES string of the molecule is O=C(O)c1ccc[n+](Cc2ccccc2)c1.[Cl-].[Na]. The van der Waals surface area contributed by atoms with Gasteiger partial charge < -0.3 is 17.5 Å². The summed E-state index contributed by atoms with van der Waals surface area (Å²) in [5, 5.41) is 8.86. The number of pyridine rings is 1. The van der Waals surface area contributed by atoms with Crippen LogP contribution in [-0.2, 0) is 6.54 Å². The number of carbonyl (C=O) groups is 1. The fourth-order valence-electron chi connectivity index (χ4n) is 1.54. The van der Waals surface area contributed by atoms with Crippen molar-refractivity contribution in [1.82, 2.24) is 0 Å². The van der Waals surface area contributed by atoms with E-state index in [0.29, 0.717) is 12.1 Å². The van der Waals surface area contributed by atoms with E-state index < -0.39 is 5.97 Å². The monoisotopic (exact) mass is 272 g/mol. The first kappa shape index (κ1) is 17.1. The van der Waals surface area contributed by atoms with E-state index in [1.54, 1.807) is 18.3 Å². The Bertz CT molecular complexity index is 505. The summed E-state index contributed by atoms with van der Waals surface area (Å²) < 4.78 is 1.86. The first-order valence-corrected chi connectivity index (χ1v) is 5.02. The Morgan fingerprint density at radius 3 is 2.39 bits per heavy atom. The number of benzene rings is 1. The van der Waals surface area contributed by atoms with Gasteiger partial charge in [-0.25, -0.2) is 4.79 Å². The molecular weight excluding hydrogens is 261 g/mol. The molecule has 3 nitrogen and oxygen atoms in total. The van der Waals surface area contributed by atoms with Crippen molar-refractivity contribution in [1.29, 1.82) is 0 Å². The maximum atomic E-state index is 10.8. The van der Waals surface area contributed by atoms with Crippen molar-refractivity contribution in [2.24, 2.45) is 0 Å². The quantitative estimate of drug-likeness (QED) is 0.537. The Kier molecular flexibility index (Phi) is 7.87. The first-order chi connectivity index (χ1) is 7.75. The van der Waals surface area contributed by atoms with Crippen LogP contribution in [0.15, 0.2) is 54.9 Å². The minimum atomic E-state index is -0.901. The summed E-state index contributed by atoms with van der Waals surface area (Å²) in [6.45, 7) is 0.682. The molecule has 2 aromatic rings. The maximum Gasteiger partial charge on any atom is 0.341 e. The molecular formula is C13H12ClNNaO2. The van der Waals surface area contributed by atoms with Crippen molar-refractivity contribution < 1.29 is 26.9 Å². The normalized spacial score (nSPS) is 8.89. The van der Waals surface area contributed by atoms with Crippen LogP contribution in [0.5, 0.6) is 0 Å². The number of aromatic nitrogens is 1. The molecule has 2 rings (SSSR count). The van der Waals surface area contributed by atoms with Gasteiger partial charge in [-0.2, -0.15) is 4.57 Å². The van der Waals surface area contributed by atoms with Crippen LogP contribution in [0.25, 0.3) is 0 Å². The molecule has 0 saturated carbocycles. The van der Waals surface area contributed by atoms with E-state index in [2.05, 4.69) is 0 Å². The number of hydrogen-bond donors (Lipinski definition) is 1. The summed E-state index contributed by atoms with van der Waals surface area (Å²) in [4.78, 5) is 10.8. The van der Waals surface area contributed by atoms with Crippen LogP contribution in [0.4, 0.5) is 0 Å². The van der Waals surface area contributed by atoms with E-state index in [4.69, 9.17) is 5.11 Å². The third kappa shape index (κ3) is 4.78. The summed E-state index contributed by atoms with van der Waals surface area (Å²) >= 11 is 0. The molecule has 0 aliphatic rings. The molecule has 1 aromatic heterocycles. The summed E-state index contributed by atoms with van der Waals surface area (Å²) in [7, 11) is 0. The van der Waals surface area contributed by atoms with E-state index in [-0.39, 0.29) is 42.0 Å². The molecule has 1 heterocycles. The molecule has 0 atom stereocenters. The van der Waals surface area contributed by atoms with E-state index in [1.165, 1.54) is 0 Å². The second-order valence-corrected chi connectivity index (χ2v) is 3.56. The van der Waals surface area contributed by atoms with Gasteiger partial charge in [0.15, 0.2) is 18.9 Å². The predicted octanol–water partition coefficient (Wildman–Crippen LogP) is -1.66. The molecule has 0 bridgehead atoms. The Balaban J connectivity index is 0.00000144. The Morgan fingerprint density at radius 1 is 1.11 bits per heavy atom. The summed E-state index contributed by atoms with van der Waals surface area (Å²) in [5.41, 5.74) is 1.45. The molecule has 18 heavy (non-hydrogen) atoms. The zero-order valence-electron chi connectivity index (χ0n) is 10.1. The largest absolute Gasteiger partial charge is 1.00 e. The van der Waals surface area contributed by atoms with Crippen LogP contribution in [-0.4, -0.2) is 40.6 Å². The number of nitrogens with zero attached hydrogens (tertiary/aromatic N) is 1. The molecule has 0 aliphatic heterocycles. The molecule has 1 radical (unpaired) electrons. The van der Waals surface area contributed by atoms with E-state index in [9.17, 15) is 4.79 Å². The van der Waals surface area contributed by atoms with E-state index in [0.717, 1.165) is 5.56 Å². The minimum absolute atomic E-state index is 0. The molecule has 1 aromatic carbocycles. The predicted molar refractivity (Wildman–Crippen MR) is 64.9 cm³/mol. The minimum Gasteiger partial charge on any atom is -1.00 e. The Hall–Kier alpha value is -0.870. The van der Waals surface area contributed by atoms with Crippen LogP contribution in [0.1, 0.15) is 15.9 Å². The smallest absolute Gasteiger partial charge is 0.341 e. The molecule has 0 fully saturated rings. The van der Waals surface area contributed by atoms with Gasteiger partial charge in [0, 0.05) is 41.2 Å². The van der Waals surface area contributed by atoms with Crippen LogP contribution in [0.3, 0.4) is 0 Å². The van der Waals surface area contributed by atoms with Crippen molar-refractivity contribution in [3.05, 3.63) is 66.0 Å². The van der Waals surface area contributed by atoms with Gasteiger partial charge in [0.05, 0.1) is 0 Å². The number of aromatic carboxylic acids is 1. The van der Waals surface area contributed by atoms with Crippen LogP contribution < -0.4 is 17.0 Å². The van der Waals surface area contributed by atoms with Crippen molar-refractivity contribution in [3.63, 3.8) is 0 Å². The van der Waals surface area contributed by atoms with Crippen molar-refractivity contribution in [3.8, 4) is 0 Å². The molecule has 0 saturated heterocycles. The standard InChI is InChI=1S/C13H11NO2.ClH.Na/c15-13(16)12-7-4-8-14(10-12)9-11-5-2-1-3-6-11;;/h1-8,10H,9H2;1H;. The number of hydrogen-bond acceptors (Lipinski definition) is 1. The van der Waals surface area contributed by atoms with Crippen molar-refractivity contribution in [2.75, 3.05) is 0 Å². The zero-order valence-corrected chi connectivity index (χ0v) is 12.8. The summed E-state index contributed by atoms with van der Waals surface area (Å²) in [6, 6.07) is 13.3. The average Bonchev–Trinajstić information content (AvgIpc) is 2.30. The third-order valence-electron chi connectivity index (χ3n) is 2.31. The average molecular weight is 273 g/mol. The first-order valence-electron chi connectivity index (χ1n) is 5.02. The molecule has 0 amide bonds. The van der Waals surface area contributed by atoms with Crippen LogP contribution in [0, 0.1) is 0 Å². The van der Waals surface area contributed by atoms with Gasteiger partial charge in [0.25, 0.3) is 0 Å². The van der Waals surface area contributed by atoms with Gasteiger partial charge in [-0.3, -0.25) is 0 Å². The number of rotatable bonds is 3. The van der Waals surface area contributed by atoms with Gasteiger partial charge in [-0.1, -0.05) is 30.3 Å². The van der Waals surface area contributed by atoms with Gasteiger partial charge >= 0.3 is 5.97 Å². The molecule has 5 heteroatoms. The molecule has 0 spiro atoms.